The fourth-order valence-corrected chi connectivity index (χ4v) is 2.12. The van der Waals surface area contributed by atoms with E-state index in [0.29, 0.717) is 19.4 Å². The number of aromatic nitrogens is 2. The zero-order valence-electron chi connectivity index (χ0n) is 10.1. The van der Waals surface area contributed by atoms with Crippen LogP contribution in [-0.2, 0) is 11.8 Å². The Morgan fingerprint density at radius 1 is 1.71 bits per heavy atom. The van der Waals surface area contributed by atoms with Crippen molar-refractivity contribution in [2.24, 2.45) is 7.05 Å². The molecule has 1 aromatic heterocycles. The van der Waals surface area contributed by atoms with Crippen LogP contribution in [-0.4, -0.2) is 39.9 Å². The molecule has 5 nitrogen and oxygen atoms in total. The number of amides is 1. The second kappa shape index (κ2) is 6.97. The highest BCUT2D eigenvalue weighted by atomic mass is 32.2. The van der Waals surface area contributed by atoms with Crippen LogP contribution >= 0.6 is 11.8 Å². The molecule has 0 bridgehead atoms. The molecule has 0 unspecified atom stereocenters. The average molecular weight is 252 g/mol. The van der Waals surface area contributed by atoms with E-state index in [0.717, 1.165) is 10.6 Å². The molecule has 0 aromatic carbocycles. The Morgan fingerprint density at radius 3 is 3.06 bits per heavy atom. The first kappa shape index (κ1) is 13.6. The van der Waals surface area contributed by atoms with E-state index >= 15 is 0 Å². The molecule has 0 aliphatic heterocycles. The molecule has 6 heteroatoms. The van der Waals surface area contributed by atoms with E-state index < -0.39 is 0 Å². The minimum atomic E-state index is 0.0802. The molecule has 0 N–H and O–H groups in total. The van der Waals surface area contributed by atoms with Gasteiger partial charge >= 0.3 is 0 Å². The Kier molecular flexibility index (Phi) is 5.57. The van der Waals surface area contributed by atoms with Crippen molar-refractivity contribution < 1.29 is 4.79 Å². The molecule has 1 aromatic rings. The predicted molar refractivity (Wildman–Crippen MR) is 66.4 cm³/mol. The summed E-state index contributed by atoms with van der Waals surface area (Å²) in [5.74, 6) is 0.818. The zero-order valence-corrected chi connectivity index (χ0v) is 10.9. The summed E-state index contributed by atoms with van der Waals surface area (Å²) in [6.07, 6.45) is 4.59. The number of nitrogens with zero attached hydrogens (tertiary/aromatic N) is 4. The van der Waals surface area contributed by atoms with Gasteiger partial charge in [0.15, 0.2) is 0 Å². The summed E-state index contributed by atoms with van der Waals surface area (Å²) in [4.78, 5) is 14.3. The fraction of sp³-hybridized carbons (Fsp3) is 0.545. The van der Waals surface area contributed by atoms with Crippen LogP contribution in [0, 0.1) is 11.3 Å². The summed E-state index contributed by atoms with van der Waals surface area (Å²) in [5, 5.41) is 12.5. The number of hydrogen-bond acceptors (Lipinski definition) is 4. The molecule has 0 atom stereocenters. The molecular formula is C11H16N4OS. The van der Waals surface area contributed by atoms with Crippen molar-refractivity contribution >= 4 is 17.7 Å². The lowest BCUT2D eigenvalue weighted by atomic mass is 10.3. The van der Waals surface area contributed by atoms with Gasteiger partial charge in [-0.15, -0.1) is 11.8 Å². The van der Waals surface area contributed by atoms with Gasteiger partial charge in [0.2, 0.25) is 5.91 Å². The number of rotatable bonds is 6. The molecule has 0 saturated heterocycles. The van der Waals surface area contributed by atoms with Gasteiger partial charge in [-0.3, -0.25) is 9.48 Å². The zero-order chi connectivity index (χ0) is 12.7. The first-order valence-electron chi connectivity index (χ1n) is 5.36. The normalized spacial score (nSPS) is 9.94. The Morgan fingerprint density at radius 2 is 2.47 bits per heavy atom. The Balaban J connectivity index is 2.22. The van der Waals surface area contributed by atoms with Crippen LogP contribution < -0.4 is 0 Å². The van der Waals surface area contributed by atoms with Gasteiger partial charge in [0.05, 0.1) is 18.7 Å². The fourth-order valence-electron chi connectivity index (χ4n) is 1.26. The molecule has 0 spiro atoms. The second-order valence-electron chi connectivity index (χ2n) is 3.67. The van der Waals surface area contributed by atoms with E-state index in [2.05, 4.69) is 5.10 Å². The Bertz CT molecular complexity index is 410. The van der Waals surface area contributed by atoms with E-state index in [9.17, 15) is 4.79 Å². The van der Waals surface area contributed by atoms with E-state index in [-0.39, 0.29) is 5.91 Å². The van der Waals surface area contributed by atoms with Crippen molar-refractivity contribution in [3.05, 3.63) is 12.4 Å². The third kappa shape index (κ3) is 4.91. The van der Waals surface area contributed by atoms with Crippen LogP contribution in [0.1, 0.15) is 12.8 Å². The molecule has 0 fully saturated rings. The van der Waals surface area contributed by atoms with Gasteiger partial charge in [0.1, 0.15) is 0 Å². The summed E-state index contributed by atoms with van der Waals surface area (Å²) < 4.78 is 1.74. The monoisotopic (exact) mass is 252 g/mol. The molecule has 1 rings (SSSR count). The Hall–Kier alpha value is -1.48. The highest BCUT2D eigenvalue weighted by molar-refractivity contribution is 7.99. The van der Waals surface area contributed by atoms with Gasteiger partial charge in [-0.1, -0.05) is 0 Å². The molecule has 1 amide bonds. The van der Waals surface area contributed by atoms with Gasteiger partial charge in [-0.05, 0) is 0 Å². The van der Waals surface area contributed by atoms with E-state index in [1.54, 1.807) is 34.6 Å². The topological polar surface area (TPSA) is 61.9 Å². The van der Waals surface area contributed by atoms with Crippen molar-refractivity contribution in [1.29, 1.82) is 5.26 Å². The standard InChI is InChI=1S/C11H16N4OS/c1-14(6-3-5-12)11(16)4-7-17-10-8-13-15(2)9-10/h8-9H,3-4,6-7H2,1-2H3. The second-order valence-corrected chi connectivity index (χ2v) is 4.84. The summed E-state index contributed by atoms with van der Waals surface area (Å²) in [6, 6.07) is 2.03. The highest BCUT2D eigenvalue weighted by Crippen LogP contribution is 2.17. The SMILES string of the molecule is CN(CCC#N)C(=O)CCSc1cnn(C)c1. The molecular weight excluding hydrogens is 236 g/mol. The Labute approximate surface area is 105 Å². The maximum atomic E-state index is 11.6. The lowest BCUT2D eigenvalue weighted by Crippen LogP contribution is -2.27. The first-order chi connectivity index (χ1) is 8.13. The summed E-state index contributed by atoms with van der Waals surface area (Å²) in [5.41, 5.74) is 0. The van der Waals surface area contributed by atoms with Crippen molar-refractivity contribution in [3.8, 4) is 6.07 Å². The van der Waals surface area contributed by atoms with Crippen LogP contribution in [0.5, 0.6) is 0 Å². The van der Waals surface area contributed by atoms with Gasteiger partial charge in [-0.2, -0.15) is 10.4 Å². The number of thioether (sulfide) groups is 1. The number of hydrogen-bond donors (Lipinski definition) is 0. The molecule has 1 heterocycles. The first-order valence-corrected chi connectivity index (χ1v) is 6.34. The van der Waals surface area contributed by atoms with E-state index in [4.69, 9.17) is 5.26 Å². The number of carbonyl (C=O) groups excluding carboxylic acids is 1. The molecule has 92 valence electrons. The predicted octanol–water partition coefficient (Wildman–Crippen LogP) is 1.27. The third-order valence-electron chi connectivity index (χ3n) is 2.25. The lowest BCUT2D eigenvalue weighted by molar-refractivity contribution is -0.129. The number of nitriles is 1. The van der Waals surface area contributed by atoms with Crippen LogP contribution in [0.15, 0.2) is 17.3 Å². The minimum absolute atomic E-state index is 0.0802. The highest BCUT2D eigenvalue weighted by Gasteiger charge is 2.08. The van der Waals surface area contributed by atoms with Crippen molar-refractivity contribution in [3.63, 3.8) is 0 Å². The van der Waals surface area contributed by atoms with Gasteiger partial charge in [0.25, 0.3) is 0 Å². The summed E-state index contributed by atoms with van der Waals surface area (Å²) >= 11 is 1.61. The third-order valence-corrected chi connectivity index (χ3v) is 3.20. The summed E-state index contributed by atoms with van der Waals surface area (Å²) in [7, 11) is 3.60. The molecule has 0 radical (unpaired) electrons. The van der Waals surface area contributed by atoms with Gasteiger partial charge in [0, 0.05) is 43.9 Å². The maximum absolute atomic E-state index is 11.6. The minimum Gasteiger partial charge on any atom is -0.345 e. The number of carbonyl (C=O) groups is 1. The van der Waals surface area contributed by atoms with E-state index in [1.165, 1.54) is 0 Å². The van der Waals surface area contributed by atoms with Gasteiger partial charge in [-0.25, -0.2) is 0 Å². The van der Waals surface area contributed by atoms with Crippen molar-refractivity contribution in [2.75, 3.05) is 19.3 Å². The van der Waals surface area contributed by atoms with E-state index in [1.807, 2.05) is 19.3 Å². The molecule has 17 heavy (non-hydrogen) atoms. The van der Waals surface area contributed by atoms with Crippen LogP contribution in [0.4, 0.5) is 0 Å². The largest absolute Gasteiger partial charge is 0.345 e. The quantitative estimate of drug-likeness (QED) is 0.715. The average Bonchev–Trinajstić information content (AvgIpc) is 2.71. The smallest absolute Gasteiger partial charge is 0.223 e. The van der Waals surface area contributed by atoms with Gasteiger partial charge < -0.3 is 4.90 Å². The maximum Gasteiger partial charge on any atom is 0.223 e. The molecule has 0 aliphatic rings. The lowest BCUT2D eigenvalue weighted by Gasteiger charge is -2.14. The molecule has 0 saturated carbocycles. The number of aryl methyl sites for hydroxylation is 1. The summed E-state index contributed by atoms with van der Waals surface area (Å²) in [6.45, 7) is 0.507. The van der Waals surface area contributed by atoms with Crippen LogP contribution in [0.3, 0.4) is 0 Å². The van der Waals surface area contributed by atoms with Crippen LogP contribution in [0.2, 0.25) is 0 Å². The molecule has 0 aliphatic carbocycles. The van der Waals surface area contributed by atoms with Crippen LogP contribution in [0.25, 0.3) is 0 Å². The van der Waals surface area contributed by atoms with Crippen molar-refractivity contribution in [2.45, 2.75) is 17.7 Å². The van der Waals surface area contributed by atoms with Crippen molar-refractivity contribution in [1.82, 2.24) is 14.7 Å².